The number of anilines is 1. The van der Waals surface area contributed by atoms with Gasteiger partial charge in [-0.3, -0.25) is 4.79 Å². The highest BCUT2D eigenvalue weighted by atomic mass is 79.9. The molecule has 0 unspecified atom stereocenters. The lowest BCUT2D eigenvalue weighted by molar-refractivity contribution is 0.0886. The zero-order chi connectivity index (χ0) is 14.3. The van der Waals surface area contributed by atoms with E-state index < -0.39 is 0 Å². The summed E-state index contributed by atoms with van der Waals surface area (Å²) in [5, 5.41) is 5.71. The molecule has 1 rings (SSSR count). The monoisotopic (exact) mass is 329 g/mol. The molecule has 0 atom stereocenters. The van der Waals surface area contributed by atoms with Crippen LogP contribution in [0, 0.1) is 5.92 Å². The molecule has 1 amide bonds. The van der Waals surface area contributed by atoms with Crippen LogP contribution in [-0.4, -0.2) is 37.7 Å². The van der Waals surface area contributed by atoms with Crippen molar-refractivity contribution >= 4 is 27.7 Å². The molecule has 1 heterocycles. The van der Waals surface area contributed by atoms with Crippen LogP contribution < -0.4 is 10.6 Å². The third kappa shape index (κ3) is 5.57. The molecular formula is C13H20BrN3O2. The minimum Gasteiger partial charge on any atom is -0.379 e. The van der Waals surface area contributed by atoms with Gasteiger partial charge in [0.1, 0.15) is 5.82 Å². The second kappa shape index (κ2) is 8.12. The highest BCUT2D eigenvalue weighted by molar-refractivity contribution is 9.10. The Hall–Kier alpha value is -1.14. The van der Waals surface area contributed by atoms with E-state index >= 15 is 0 Å². The number of rotatable bonds is 7. The van der Waals surface area contributed by atoms with Crippen molar-refractivity contribution in [1.82, 2.24) is 10.3 Å². The van der Waals surface area contributed by atoms with Crippen LogP contribution in [0.3, 0.4) is 0 Å². The van der Waals surface area contributed by atoms with Crippen LogP contribution >= 0.6 is 15.9 Å². The van der Waals surface area contributed by atoms with Crippen molar-refractivity contribution in [1.29, 1.82) is 0 Å². The third-order valence-corrected chi connectivity index (χ3v) is 2.75. The van der Waals surface area contributed by atoms with E-state index in [1.165, 1.54) is 0 Å². The average molecular weight is 330 g/mol. The van der Waals surface area contributed by atoms with Gasteiger partial charge in [-0.1, -0.05) is 13.8 Å². The molecular weight excluding hydrogens is 310 g/mol. The van der Waals surface area contributed by atoms with Crippen molar-refractivity contribution in [3.8, 4) is 0 Å². The van der Waals surface area contributed by atoms with Gasteiger partial charge in [0.05, 0.1) is 12.2 Å². The molecule has 0 bridgehead atoms. The number of hydrogen-bond donors (Lipinski definition) is 2. The summed E-state index contributed by atoms with van der Waals surface area (Å²) in [4.78, 5) is 16.1. The van der Waals surface area contributed by atoms with E-state index in [0.717, 1.165) is 4.47 Å². The molecule has 19 heavy (non-hydrogen) atoms. The highest BCUT2D eigenvalue weighted by Gasteiger charge is 2.12. The molecule has 0 aliphatic heterocycles. The molecule has 106 valence electrons. The van der Waals surface area contributed by atoms with E-state index in [2.05, 4.69) is 45.4 Å². The maximum atomic E-state index is 12.0. The predicted molar refractivity (Wildman–Crippen MR) is 79.5 cm³/mol. The first kappa shape index (κ1) is 15.9. The van der Waals surface area contributed by atoms with Gasteiger partial charge in [-0.15, -0.1) is 0 Å². The fourth-order valence-corrected chi connectivity index (χ4v) is 1.79. The van der Waals surface area contributed by atoms with Gasteiger partial charge in [0.25, 0.3) is 5.91 Å². The van der Waals surface area contributed by atoms with Crippen LogP contribution in [0.2, 0.25) is 0 Å². The fraction of sp³-hybridized carbons (Fsp3) is 0.538. The molecule has 0 radical (unpaired) electrons. The zero-order valence-corrected chi connectivity index (χ0v) is 13.1. The van der Waals surface area contributed by atoms with E-state index in [4.69, 9.17) is 4.74 Å². The molecule has 0 aliphatic carbocycles. The highest BCUT2D eigenvalue weighted by Crippen LogP contribution is 2.17. The maximum absolute atomic E-state index is 12.0. The molecule has 1 aromatic rings. The van der Waals surface area contributed by atoms with E-state index in [-0.39, 0.29) is 5.91 Å². The van der Waals surface area contributed by atoms with Gasteiger partial charge in [-0.2, -0.15) is 0 Å². The largest absolute Gasteiger partial charge is 0.379 e. The molecule has 1 aromatic heterocycles. The van der Waals surface area contributed by atoms with Crippen LogP contribution in [0.5, 0.6) is 0 Å². The number of carbonyl (C=O) groups is 1. The van der Waals surface area contributed by atoms with Crippen molar-refractivity contribution in [2.45, 2.75) is 13.8 Å². The van der Waals surface area contributed by atoms with E-state index in [1.54, 1.807) is 19.3 Å². The van der Waals surface area contributed by atoms with Crippen molar-refractivity contribution in [2.24, 2.45) is 5.92 Å². The molecule has 5 nitrogen and oxygen atoms in total. The first-order valence-corrected chi connectivity index (χ1v) is 7.03. The van der Waals surface area contributed by atoms with Gasteiger partial charge in [-0.25, -0.2) is 4.98 Å². The van der Waals surface area contributed by atoms with Crippen LogP contribution in [0.4, 0.5) is 5.82 Å². The Balaban J connectivity index is 2.47. The number of amides is 1. The zero-order valence-electron chi connectivity index (χ0n) is 11.5. The topological polar surface area (TPSA) is 63.2 Å². The lowest BCUT2D eigenvalue weighted by Crippen LogP contribution is -2.28. The van der Waals surface area contributed by atoms with Crippen LogP contribution in [0.25, 0.3) is 0 Å². The molecule has 0 aromatic carbocycles. The van der Waals surface area contributed by atoms with Gasteiger partial charge in [0, 0.05) is 30.9 Å². The Kier molecular flexibility index (Phi) is 6.80. The standard InChI is InChI=1S/C13H20BrN3O2/c1-9(2)8-19-5-4-16-13(18)11-6-10(14)7-17-12(11)15-3/h6-7,9H,4-5,8H2,1-3H3,(H,15,17)(H,16,18). The summed E-state index contributed by atoms with van der Waals surface area (Å²) in [6.45, 7) is 5.88. The van der Waals surface area contributed by atoms with Crippen LogP contribution in [-0.2, 0) is 4.74 Å². The Bertz CT molecular complexity index is 424. The number of nitrogens with one attached hydrogen (secondary N) is 2. The summed E-state index contributed by atoms with van der Waals surface area (Å²) in [5.74, 6) is 0.899. The van der Waals surface area contributed by atoms with Gasteiger partial charge in [0.2, 0.25) is 0 Å². The molecule has 0 saturated heterocycles. The molecule has 2 N–H and O–H groups in total. The lowest BCUT2D eigenvalue weighted by atomic mass is 10.2. The molecule has 0 saturated carbocycles. The van der Waals surface area contributed by atoms with Crippen molar-refractivity contribution in [3.05, 3.63) is 22.3 Å². The molecule has 6 heteroatoms. The van der Waals surface area contributed by atoms with Gasteiger partial charge >= 0.3 is 0 Å². The summed E-state index contributed by atoms with van der Waals surface area (Å²) in [6.07, 6.45) is 1.65. The number of aromatic nitrogens is 1. The normalized spacial score (nSPS) is 10.6. The maximum Gasteiger partial charge on any atom is 0.255 e. The first-order valence-electron chi connectivity index (χ1n) is 6.23. The Morgan fingerprint density at radius 1 is 1.53 bits per heavy atom. The number of ether oxygens (including phenoxy) is 1. The second-order valence-electron chi connectivity index (χ2n) is 4.52. The Labute approximate surface area is 122 Å². The number of hydrogen-bond acceptors (Lipinski definition) is 4. The van der Waals surface area contributed by atoms with Gasteiger partial charge in [0.15, 0.2) is 0 Å². The molecule has 0 aliphatic rings. The minimum absolute atomic E-state index is 0.161. The van der Waals surface area contributed by atoms with Gasteiger partial charge < -0.3 is 15.4 Å². The van der Waals surface area contributed by atoms with Crippen LogP contribution in [0.1, 0.15) is 24.2 Å². The van der Waals surface area contributed by atoms with Crippen molar-refractivity contribution in [3.63, 3.8) is 0 Å². The summed E-state index contributed by atoms with van der Waals surface area (Å²) < 4.78 is 6.18. The lowest BCUT2D eigenvalue weighted by Gasteiger charge is -2.10. The summed E-state index contributed by atoms with van der Waals surface area (Å²) in [5.41, 5.74) is 0.515. The molecule has 0 fully saturated rings. The van der Waals surface area contributed by atoms with Crippen molar-refractivity contribution in [2.75, 3.05) is 32.1 Å². The predicted octanol–water partition coefficient (Wildman–Crippen LogP) is 2.29. The quantitative estimate of drug-likeness (QED) is 0.753. The number of carbonyl (C=O) groups excluding carboxylic acids is 1. The Morgan fingerprint density at radius 3 is 2.89 bits per heavy atom. The van der Waals surface area contributed by atoms with Gasteiger partial charge in [-0.05, 0) is 27.9 Å². The second-order valence-corrected chi connectivity index (χ2v) is 5.44. The summed E-state index contributed by atoms with van der Waals surface area (Å²) >= 11 is 3.31. The Morgan fingerprint density at radius 2 is 2.26 bits per heavy atom. The summed E-state index contributed by atoms with van der Waals surface area (Å²) in [7, 11) is 1.73. The van der Waals surface area contributed by atoms with E-state index in [1.807, 2.05) is 0 Å². The number of pyridine rings is 1. The van der Waals surface area contributed by atoms with E-state index in [9.17, 15) is 4.79 Å². The third-order valence-electron chi connectivity index (χ3n) is 2.32. The van der Waals surface area contributed by atoms with Crippen LogP contribution in [0.15, 0.2) is 16.7 Å². The smallest absolute Gasteiger partial charge is 0.255 e. The first-order chi connectivity index (χ1) is 9.04. The van der Waals surface area contributed by atoms with E-state index in [0.29, 0.717) is 37.1 Å². The fourth-order valence-electron chi connectivity index (χ4n) is 1.46. The summed E-state index contributed by atoms with van der Waals surface area (Å²) in [6, 6.07) is 1.74. The SMILES string of the molecule is CNc1ncc(Br)cc1C(=O)NCCOCC(C)C. The van der Waals surface area contributed by atoms with Crippen molar-refractivity contribution < 1.29 is 9.53 Å². The minimum atomic E-state index is -0.161. The number of nitrogens with zero attached hydrogens (tertiary/aromatic N) is 1. The average Bonchev–Trinajstić information content (AvgIpc) is 2.37. The molecule has 0 spiro atoms. The number of halogens is 1.